The third-order valence-corrected chi connectivity index (χ3v) is 5.40. The van der Waals surface area contributed by atoms with Crippen molar-refractivity contribution < 1.29 is 13.9 Å². The van der Waals surface area contributed by atoms with E-state index in [-0.39, 0.29) is 23.9 Å². The number of ether oxygens (including phenoxy) is 1. The van der Waals surface area contributed by atoms with E-state index in [0.29, 0.717) is 6.54 Å². The lowest BCUT2D eigenvalue weighted by atomic mass is 9.88. The van der Waals surface area contributed by atoms with Crippen LogP contribution in [0.1, 0.15) is 18.4 Å². The maximum absolute atomic E-state index is 13.2. The summed E-state index contributed by atoms with van der Waals surface area (Å²) in [5, 5.41) is 0. The number of anilines is 1. The maximum Gasteiger partial charge on any atom is 0.253 e. The number of hydrogen-bond donors (Lipinski definition) is 0. The fourth-order valence-corrected chi connectivity index (χ4v) is 3.83. The fraction of sp³-hybridized carbons (Fsp3) is 0.381. The number of benzene rings is 2. The van der Waals surface area contributed by atoms with Gasteiger partial charge in [0.1, 0.15) is 12.4 Å². The van der Waals surface area contributed by atoms with Gasteiger partial charge >= 0.3 is 0 Å². The van der Waals surface area contributed by atoms with Crippen LogP contribution in [0.15, 0.2) is 54.6 Å². The summed E-state index contributed by atoms with van der Waals surface area (Å²) in [6, 6.07) is 16.6. The standard InChI is InChI=1S/C21H23FN2O2/c22-18-6-8-19(9-7-18)24-16-21(26-15-20(24)25)10-12-23(13-11-21)14-17-4-2-1-3-5-17/h1-9H,10-16H2. The van der Waals surface area contributed by atoms with E-state index in [2.05, 4.69) is 29.2 Å². The third kappa shape index (κ3) is 3.64. The van der Waals surface area contributed by atoms with Crippen LogP contribution in [-0.4, -0.2) is 42.6 Å². The predicted molar refractivity (Wildman–Crippen MR) is 98.4 cm³/mol. The molecule has 0 N–H and O–H groups in total. The van der Waals surface area contributed by atoms with E-state index in [1.165, 1.54) is 17.7 Å². The highest BCUT2D eigenvalue weighted by Gasteiger charge is 2.42. The fourth-order valence-electron chi connectivity index (χ4n) is 3.83. The molecule has 2 aliphatic rings. The molecule has 2 aromatic rings. The number of halogens is 1. The molecule has 2 heterocycles. The van der Waals surface area contributed by atoms with Gasteiger partial charge in [-0.2, -0.15) is 0 Å². The zero-order chi connectivity index (χ0) is 18.0. The van der Waals surface area contributed by atoms with Crippen LogP contribution in [0.25, 0.3) is 0 Å². The average molecular weight is 354 g/mol. The van der Waals surface area contributed by atoms with Gasteiger partial charge in [-0.05, 0) is 42.7 Å². The van der Waals surface area contributed by atoms with E-state index < -0.39 is 0 Å². The van der Waals surface area contributed by atoms with Crippen LogP contribution in [0.4, 0.5) is 10.1 Å². The molecule has 2 saturated heterocycles. The number of carbonyl (C=O) groups excluding carboxylic acids is 1. The minimum absolute atomic E-state index is 0.0612. The van der Waals surface area contributed by atoms with Crippen molar-refractivity contribution >= 4 is 11.6 Å². The molecule has 0 atom stereocenters. The summed E-state index contributed by atoms with van der Waals surface area (Å²) >= 11 is 0. The lowest BCUT2D eigenvalue weighted by Gasteiger charge is -2.47. The Balaban J connectivity index is 1.41. The smallest absolute Gasteiger partial charge is 0.253 e. The molecule has 4 nitrogen and oxygen atoms in total. The van der Waals surface area contributed by atoms with Crippen molar-refractivity contribution in [2.45, 2.75) is 25.0 Å². The van der Waals surface area contributed by atoms with Gasteiger partial charge in [0.25, 0.3) is 5.91 Å². The second-order valence-electron chi connectivity index (χ2n) is 7.19. The number of carbonyl (C=O) groups is 1. The zero-order valence-corrected chi connectivity index (χ0v) is 14.7. The molecule has 0 aliphatic carbocycles. The first-order valence-electron chi connectivity index (χ1n) is 9.10. The van der Waals surface area contributed by atoms with Crippen LogP contribution in [0.2, 0.25) is 0 Å². The van der Waals surface area contributed by atoms with Crippen molar-refractivity contribution in [3.05, 3.63) is 66.0 Å². The van der Waals surface area contributed by atoms with Crippen molar-refractivity contribution in [3.63, 3.8) is 0 Å². The minimum Gasteiger partial charge on any atom is -0.363 e. The Morgan fingerprint density at radius 3 is 2.38 bits per heavy atom. The lowest BCUT2D eigenvalue weighted by Crippen LogP contribution is -2.58. The molecule has 4 rings (SSSR count). The van der Waals surface area contributed by atoms with Gasteiger partial charge in [-0.1, -0.05) is 30.3 Å². The van der Waals surface area contributed by atoms with Crippen LogP contribution < -0.4 is 4.90 Å². The topological polar surface area (TPSA) is 32.8 Å². The quantitative estimate of drug-likeness (QED) is 0.848. The molecule has 2 aliphatic heterocycles. The SMILES string of the molecule is O=C1COC2(CCN(Cc3ccccc3)CC2)CN1c1ccc(F)cc1. The first-order valence-corrected chi connectivity index (χ1v) is 9.10. The van der Waals surface area contributed by atoms with Gasteiger partial charge in [-0.25, -0.2) is 4.39 Å². The molecule has 5 heteroatoms. The summed E-state index contributed by atoms with van der Waals surface area (Å²) in [6.45, 7) is 3.46. The van der Waals surface area contributed by atoms with E-state index in [9.17, 15) is 9.18 Å². The van der Waals surface area contributed by atoms with E-state index in [1.807, 2.05) is 6.07 Å². The summed E-state index contributed by atoms with van der Waals surface area (Å²) in [6.07, 6.45) is 1.79. The Morgan fingerprint density at radius 1 is 1.00 bits per heavy atom. The van der Waals surface area contributed by atoms with Crippen molar-refractivity contribution in [3.8, 4) is 0 Å². The molecule has 0 unspecified atom stereocenters. The number of amides is 1. The summed E-state index contributed by atoms with van der Waals surface area (Å²) in [7, 11) is 0. The zero-order valence-electron chi connectivity index (χ0n) is 14.7. The third-order valence-electron chi connectivity index (χ3n) is 5.40. The van der Waals surface area contributed by atoms with Gasteiger partial charge in [0.15, 0.2) is 0 Å². The maximum atomic E-state index is 13.2. The molecule has 2 aromatic carbocycles. The lowest BCUT2D eigenvalue weighted by molar-refractivity contribution is -0.144. The van der Waals surface area contributed by atoms with E-state index in [4.69, 9.17) is 4.74 Å². The Bertz CT molecular complexity index is 755. The number of hydrogen-bond acceptors (Lipinski definition) is 3. The number of likely N-dealkylation sites (tertiary alicyclic amines) is 1. The van der Waals surface area contributed by atoms with Crippen LogP contribution in [-0.2, 0) is 16.1 Å². The first kappa shape index (κ1) is 17.2. The highest BCUT2D eigenvalue weighted by Crippen LogP contribution is 2.33. The number of morpholine rings is 1. The Labute approximate surface area is 153 Å². The van der Waals surface area contributed by atoms with E-state index in [1.54, 1.807) is 17.0 Å². The van der Waals surface area contributed by atoms with Crippen molar-refractivity contribution in [2.75, 3.05) is 31.1 Å². The molecule has 0 aromatic heterocycles. The number of nitrogens with zero attached hydrogens (tertiary/aromatic N) is 2. The van der Waals surface area contributed by atoms with E-state index in [0.717, 1.165) is 38.2 Å². The van der Waals surface area contributed by atoms with Gasteiger partial charge in [0.05, 0.1) is 12.1 Å². The van der Waals surface area contributed by atoms with Gasteiger partial charge in [-0.3, -0.25) is 9.69 Å². The van der Waals surface area contributed by atoms with Crippen LogP contribution in [0.3, 0.4) is 0 Å². The van der Waals surface area contributed by atoms with Crippen molar-refractivity contribution in [1.29, 1.82) is 0 Å². The van der Waals surface area contributed by atoms with Crippen molar-refractivity contribution in [1.82, 2.24) is 4.90 Å². The van der Waals surface area contributed by atoms with Crippen LogP contribution in [0, 0.1) is 5.82 Å². The Hall–Kier alpha value is -2.24. The van der Waals surface area contributed by atoms with Crippen LogP contribution in [0.5, 0.6) is 0 Å². The Morgan fingerprint density at radius 2 is 1.69 bits per heavy atom. The highest BCUT2D eigenvalue weighted by atomic mass is 19.1. The average Bonchev–Trinajstić information content (AvgIpc) is 2.68. The highest BCUT2D eigenvalue weighted by molar-refractivity contribution is 5.95. The summed E-state index contributed by atoms with van der Waals surface area (Å²) in [5.41, 5.74) is 1.76. The molecular formula is C21H23FN2O2. The number of piperidine rings is 1. The molecular weight excluding hydrogens is 331 g/mol. The number of rotatable bonds is 3. The molecule has 0 bridgehead atoms. The molecule has 2 fully saturated rings. The molecule has 0 saturated carbocycles. The van der Waals surface area contributed by atoms with Gasteiger partial charge in [0.2, 0.25) is 0 Å². The second-order valence-corrected chi connectivity index (χ2v) is 7.19. The van der Waals surface area contributed by atoms with Crippen molar-refractivity contribution in [2.24, 2.45) is 0 Å². The van der Waals surface area contributed by atoms with E-state index >= 15 is 0 Å². The summed E-state index contributed by atoms with van der Waals surface area (Å²) in [4.78, 5) is 16.5. The normalized spacial score (nSPS) is 20.5. The first-order chi connectivity index (χ1) is 12.6. The van der Waals surface area contributed by atoms with Crippen LogP contribution >= 0.6 is 0 Å². The predicted octanol–water partition coefficient (Wildman–Crippen LogP) is 3.22. The molecule has 0 radical (unpaired) electrons. The monoisotopic (exact) mass is 354 g/mol. The second kappa shape index (κ2) is 7.17. The molecule has 1 spiro atoms. The minimum atomic E-state index is -0.296. The van der Waals surface area contributed by atoms with Gasteiger partial charge in [-0.15, -0.1) is 0 Å². The summed E-state index contributed by atoms with van der Waals surface area (Å²) in [5.74, 6) is -0.354. The largest absolute Gasteiger partial charge is 0.363 e. The molecule has 1 amide bonds. The van der Waals surface area contributed by atoms with Gasteiger partial charge < -0.3 is 9.64 Å². The van der Waals surface area contributed by atoms with Gasteiger partial charge in [0, 0.05) is 25.3 Å². The molecule has 26 heavy (non-hydrogen) atoms. The Kier molecular flexibility index (Phi) is 4.74. The summed E-state index contributed by atoms with van der Waals surface area (Å²) < 4.78 is 19.2. The molecule has 136 valence electrons.